The van der Waals surface area contributed by atoms with E-state index in [0.717, 1.165) is 69.1 Å². The number of aromatic nitrogens is 3. The van der Waals surface area contributed by atoms with Crippen LogP contribution in [0.2, 0.25) is 0 Å². The lowest BCUT2D eigenvalue weighted by molar-refractivity contribution is 0.0966. The second-order valence-electron chi connectivity index (χ2n) is 11.1. The number of fused-ring (bicyclic) bond motifs is 10. The minimum Gasteiger partial charge on any atom is -0.348 e. The second kappa shape index (κ2) is 8.94. The lowest BCUT2D eigenvalue weighted by Crippen LogP contribution is -2.19. The standard InChI is InChI=1S/C31H29FN6O2/c1-16(2)14-38-25-11-8-19(35-31(40)34-18-6-4-17(32)5-7-18)12-21(25)27-22-13-33-30(39)28(22)26-20(29(27)38)9-10-24-23(26)15-37(3)36-24/h4-8,11-12,15-16H,9-10,13-14H2,1-3H3,(H,33,39)(H2,34,35,40). The van der Waals surface area contributed by atoms with Gasteiger partial charge in [-0.25, -0.2) is 9.18 Å². The van der Waals surface area contributed by atoms with E-state index in [2.05, 4.69) is 39.5 Å². The van der Waals surface area contributed by atoms with E-state index in [0.29, 0.717) is 23.8 Å². The number of rotatable bonds is 4. The van der Waals surface area contributed by atoms with Gasteiger partial charge in [0, 0.05) is 65.1 Å². The van der Waals surface area contributed by atoms with Crippen molar-refractivity contribution < 1.29 is 14.0 Å². The molecule has 0 fully saturated rings. The zero-order chi connectivity index (χ0) is 27.7. The maximum atomic E-state index is 13.3. The zero-order valence-corrected chi connectivity index (χ0v) is 22.6. The number of nitrogens with one attached hydrogen (secondary N) is 3. The number of urea groups is 1. The molecule has 1 aliphatic heterocycles. The van der Waals surface area contributed by atoms with E-state index >= 15 is 0 Å². The molecule has 1 aliphatic carbocycles. The van der Waals surface area contributed by atoms with Crippen molar-refractivity contribution in [3.63, 3.8) is 0 Å². The third kappa shape index (κ3) is 3.76. The number of anilines is 2. The Bertz CT molecular complexity index is 1870. The van der Waals surface area contributed by atoms with E-state index in [1.165, 1.54) is 29.8 Å². The molecule has 3 heterocycles. The first-order chi connectivity index (χ1) is 19.3. The summed E-state index contributed by atoms with van der Waals surface area (Å²) in [5, 5.41) is 15.5. The van der Waals surface area contributed by atoms with Crippen LogP contribution in [-0.4, -0.2) is 26.3 Å². The molecule has 8 nitrogen and oxygen atoms in total. The molecule has 3 amide bonds. The number of nitrogens with zero attached hydrogens (tertiary/aromatic N) is 3. The summed E-state index contributed by atoms with van der Waals surface area (Å²) in [6.45, 7) is 5.69. The highest BCUT2D eigenvalue weighted by molar-refractivity contribution is 6.20. The van der Waals surface area contributed by atoms with Crippen molar-refractivity contribution in [2.45, 2.75) is 39.8 Å². The summed E-state index contributed by atoms with van der Waals surface area (Å²) in [6, 6.07) is 11.2. The third-order valence-corrected chi connectivity index (χ3v) is 7.85. The summed E-state index contributed by atoms with van der Waals surface area (Å²) >= 11 is 0. The lowest BCUT2D eigenvalue weighted by atomic mass is 9.82. The van der Waals surface area contributed by atoms with Crippen LogP contribution in [0, 0.1) is 11.7 Å². The summed E-state index contributed by atoms with van der Waals surface area (Å²) in [7, 11) is 1.92. The molecule has 0 spiro atoms. The predicted molar refractivity (Wildman–Crippen MR) is 154 cm³/mol. The van der Waals surface area contributed by atoms with Gasteiger partial charge in [0.15, 0.2) is 0 Å². The molecule has 7 rings (SSSR count). The Morgan fingerprint density at radius 3 is 2.58 bits per heavy atom. The fourth-order valence-electron chi connectivity index (χ4n) is 6.37. The van der Waals surface area contributed by atoms with Crippen molar-refractivity contribution >= 4 is 45.1 Å². The molecule has 0 saturated heterocycles. The highest BCUT2D eigenvalue weighted by atomic mass is 19.1. The number of carbonyl (C=O) groups is 2. The molecule has 0 unspecified atom stereocenters. The first-order valence-electron chi connectivity index (χ1n) is 13.6. The van der Waals surface area contributed by atoms with E-state index in [1.54, 1.807) is 0 Å². The van der Waals surface area contributed by atoms with Crippen LogP contribution in [0.15, 0.2) is 48.7 Å². The van der Waals surface area contributed by atoms with Crippen LogP contribution >= 0.6 is 0 Å². The number of benzene rings is 3. The van der Waals surface area contributed by atoms with E-state index in [-0.39, 0.29) is 11.7 Å². The SMILES string of the molecule is CC(C)Cn1c2ccc(NC(=O)Nc3ccc(F)cc3)cc2c2c3c(c4c(c21)CCc1nn(C)cc1-4)C(=O)NC3. The first-order valence-corrected chi connectivity index (χ1v) is 13.6. The lowest BCUT2D eigenvalue weighted by Gasteiger charge is -2.22. The molecule has 0 saturated carbocycles. The smallest absolute Gasteiger partial charge is 0.323 e. The van der Waals surface area contributed by atoms with Gasteiger partial charge in [0.05, 0.1) is 16.8 Å². The average Bonchev–Trinajstić information content (AvgIpc) is 3.58. The fourth-order valence-corrected chi connectivity index (χ4v) is 6.37. The fraction of sp³-hybridized carbons (Fsp3) is 0.258. The molecule has 9 heteroatoms. The molecule has 3 aromatic carbocycles. The Labute approximate surface area is 230 Å². The Hall–Kier alpha value is -4.66. The van der Waals surface area contributed by atoms with Crippen LogP contribution in [0.3, 0.4) is 0 Å². The van der Waals surface area contributed by atoms with Gasteiger partial charge in [0.25, 0.3) is 5.91 Å². The molecule has 0 atom stereocenters. The minimum absolute atomic E-state index is 0.0532. The molecule has 0 radical (unpaired) electrons. The highest BCUT2D eigenvalue weighted by Gasteiger charge is 2.35. The van der Waals surface area contributed by atoms with Gasteiger partial charge in [0.1, 0.15) is 5.82 Å². The Kier molecular flexibility index (Phi) is 5.45. The summed E-state index contributed by atoms with van der Waals surface area (Å²) in [5.74, 6) is -0.0153. The summed E-state index contributed by atoms with van der Waals surface area (Å²) in [6.07, 6.45) is 3.65. The maximum absolute atomic E-state index is 13.3. The van der Waals surface area contributed by atoms with Gasteiger partial charge in [0.2, 0.25) is 0 Å². The van der Waals surface area contributed by atoms with Crippen molar-refractivity contribution in [1.29, 1.82) is 0 Å². The van der Waals surface area contributed by atoms with Gasteiger partial charge in [-0.15, -0.1) is 0 Å². The first kappa shape index (κ1) is 24.4. The summed E-state index contributed by atoms with van der Waals surface area (Å²) < 4.78 is 17.5. The quantitative estimate of drug-likeness (QED) is 0.264. The Morgan fingerprint density at radius 1 is 1.05 bits per heavy atom. The van der Waals surface area contributed by atoms with Crippen LogP contribution < -0.4 is 16.0 Å². The molecule has 2 aliphatic rings. The number of amides is 3. The predicted octanol–water partition coefficient (Wildman–Crippen LogP) is 5.98. The molecule has 40 heavy (non-hydrogen) atoms. The van der Waals surface area contributed by atoms with E-state index in [9.17, 15) is 14.0 Å². The van der Waals surface area contributed by atoms with Crippen molar-refractivity contribution in [2.24, 2.45) is 13.0 Å². The van der Waals surface area contributed by atoms with Gasteiger partial charge in [-0.05, 0) is 72.4 Å². The van der Waals surface area contributed by atoms with Crippen molar-refractivity contribution in [3.05, 3.63) is 76.9 Å². The Morgan fingerprint density at radius 2 is 1.80 bits per heavy atom. The average molecular weight is 537 g/mol. The molecule has 0 bridgehead atoms. The van der Waals surface area contributed by atoms with Gasteiger partial charge < -0.3 is 20.5 Å². The van der Waals surface area contributed by atoms with E-state index < -0.39 is 6.03 Å². The second-order valence-corrected chi connectivity index (χ2v) is 11.1. The number of hydrogen-bond acceptors (Lipinski definition) is 3. The van der Waals surface area contributed by atoms with Crippen LogP contribution in [0.5, 0.6) is 0 Å². The number of carbonyl (C=O) groups excluding carboxylic acids is 2. The molecule has 3 N–H and O–H groups in total. The monoisotopic (exact) mass is 536 g/mol. The third-order valence-electron chi connectivity index (χ3n) is 7.85. The molecular weight excluding hydrogens is 507 g/mol. The van der Waals surface area contributed by atoms with Gasteiger partial charge in [-0.3, -0.25) is 9.48 Å². The van der Waals surface area contributed by atoms with Gasteiger partial charge in [-0.1, -0.05) is 13.8 Å². The highest BCUT2D eigenvalue weighted by Crippen LogP contribution is 2.47. The van der Waals surface area contributed by atoms with Crippen molar-refractivity contribution in [2.75, 3.05) is 10.6 Å². The van der Waals surface area contributed by atoms with Gasteiger partial charge in [-0.2, -0.15) is 5.10 Å². The zero-order valence-electron chi connectivity index (χ0n) is 22.6. The topological polar surface area (TPSA) is 93.0 Å². The molecular formula is C31H29FN6O2. The summed E-state index contributed by atoms with van der Waals surface area (Å²) in [4.78, 5) is 26.1. The number of hydrogen-bond donors (Lipinski definition) is 3. The van der Waals surface area contributed by atoms with E-state index in [4.69, 9.17) is 0 Å². The van der Waals surface area contributed by atoms with Crippen LogP contribution in [0.1, 0.15) is 41.0 Å². The normalized spacial score (nSPS) is 13.9. The van der Waals surface area contributed by atoms with Crippen LogP contribution in [0.25, 0.3) is 32.9 Å². The number of aryl methyl sites for hydroxylation is 3. The van der Waals surface area contributed by atoms with Crippen LogP contribution in [-0.2, 0) is 33.0 Å². The maximum Gasteiger partial charge on any atom is 0.323 e. The largest absolute Gasteiger partial charge is 0.348 e. The Balaban J connectivity index is 1.42. The molecule has 202 valence electrons. The number of halogens is 1. The van der Waals surface area contributed by atoms with Crippen LogP contribution in [0.4, 0.5) is 20.6 Å². The van der Waals surface area contributed by atoms with Gasteiger partial charge >= 0.3 is 6.03 Å². The summed E-state index contributed by atoms with van der Waals surface area (Å²) in [5.41, 5.74) is 9.37. The minimum atomic E-state index is -0.416. The van der Waals surface area contributed by atoms with Crippen molar-refractivity contribution in [1.82, 2.24) is 19.7 Å². The van der Waals surface area contributed by atoms with E-state index in [1.807, 2.05) is 36.1 Å². The van der Waals surface area contributed by atoms with Crippen molar-refractivity contribution in [3.8, 4) is 11.1 Å². The molecule has 5 aromatic rings. The molecule has 2 aromatic heterocycles.